The number of hydrogen-bond acceptors (Lipinski definition) is 7. The number of nitrogens with two attached hydrogens (primary N) is 1. The Hall–Kier alpha value is -1.73. The molecule has 0 radical (unpaired) electrons. The summed E-state index contributed by atoms with van der Waals surface area (Å²) in [7, 11) is 1.44. The van der Waals surface area contributed by atoms with Gasteiger partial charge in [-0.3, -0.25) is 9.69 Å². The van der Waals surface area contributed by atoms with Gasteiger partial charge in [-0.15, -0.1) is 0 Å². The first-order valence-electron chi connectivity index (χ1n) is 6.73. The van der Waals surface area contributed by atoms with Crippen molar-refractivity contribution >= 4 is 11.8 Å². The number of carbonyl (C=O) groups is 1. The molecule has 3 N–H and O–H groups in total. The zero-order chi connectivity index (χ0) is 14.5. The molecule has 0 bridgehead atoms. The van der Waals surface area contributed by atoms with Gasteiger partial charge in [0.2, 0.25) is 0 Å². The number of nitrogen functional groups attached to an aromatic ring is 1. The Bertz CT molecular complexity index is 472. The van der Waals surface area contributed by atoms with Crippen LogP contribution in [-0.4, -0.2) is 41.0 Å². The summed E-state index contributed by atoms with van der Waals surface area (Å²) < 4.78 is 4.78. The smallest absolute Gasteiger partial charge is 0.308 e. The fourth-order valence-electron chi connectivity index (χ4n) is 2.47. The van der Waals surface area contributed by atoms with Gasteiger partial charge in [-0.05, 0) is 32.9 Å². The number of rotatable bonds is 4. The van der Waals surface area contributed by atoms with Crippen LogP contribution in [-0.2, 0) is 16.1 Å². The molecule has 0 amide bonds. The maximum absolute atomic E-state index is 11.5. The highest BCUT2D eigenvalue weighted by atomic mass is 16.5. The molecule has 7 heteroatoms. The molecule has 0 spiro atoms. The summed E-state index contributed by atoms with van der Waals surface area (Å²) in [4.78, 5) is 22.5. The molecule has 1 aliphatic rings. The zero-order valence-electron chi connectivity index (χ0n) is 11.9. The molecule has 2 rings (SSSR count). The number of aryl methyl sites for hydroxylation is 1. The van der Waals surface area contributed by atoms with E-state index in [-0.39, 0.29) is 11.9 Å². The molecular formula is C13H21N5O2. The number of hydrazine groups is 1. The van der Waals surface area contributed by atoms with Gasteiger partial charge < -0.3 is 10.2 Å². The monoisotopic (exact) mass is 279 g/mol. The van der Waals surface area contributed by atoms with Crippen molar-refractivity contribution in [1.29, 1.82) is 0 Å². The highest BCUT2D eigenvalue weighted by Crippen LogP contribution is 2.19. The van der Waals surface area contributed by atoms with Crippen LogP contribution in [0.3, 0.4) is 0 Å². The van der Waals surface area contributed by atoms with E-state index in [4.69, 9.17) is 10.6 Å². The van der Waals surface area contributed by atoms with E-state index in [1.165, 1.54) is 7.11 Å². The zero-order valence-corrected chi connectivity index (χ0v) is 11.9. The number of anilines is 1. The second-order valence-electron chi connectivity index (χ2n) is 5.03. The molecule has 1 aromatic rings. The normalized spacial score (nSPS) is 16.9. The van der Waals surface area contributed by atoms with Crippen LogP contribution in [0.1, 0.15) is 24.4 Å². The predicted octanol–water partition coefficient (Wildman–Crippen LogP) is 0.456. The molecule has 1 aliphatic heterocycles. The molecule has 0 saturated carbocycles. The number of methoxy groups -OCH3 is 1. The number of carbonyl (C=O) groups excluding carboxylic acids is 1. The van der Waals surface area contributed by atoms with Gasteiger partial charge in [0, 0.05) is 11.8 Å². The van der Waals surface area contributed by atoms with Crippen LogP contribution >= 0.6 is 0 Å². The minimum absolute atomic E-state index is 0.0240. The van der Waals surface area contributed by atoms with Crippen LogP contribution in [0.5, 0.6) is 0 Å². The van der Waals surface area contributed by atoms with Gasteiger partial charge in [0.15, 0.2) is 0 Å². The van der Waals surface area contributed by atoms with Gasteiger partial charge in [-0.1, -0.05) is 0 Å². The van der Waals surface area contributed by atoms with Crippen LogP contribution in [0.4, 0.5) is 5.82 Å². The van der Waals surface area contributed by atoms with Gasteiger partial charge in [0.05, 0.1) is 19.6 Å². The highest BCUT2D eigenvalue weighted by molar-refractivity contribution is 5.72. The third-order valence-electron chi connectivity index (χ3n) is 3.54. The lowest BCUT2D eigenvalue weighted by Crippen LogP contribution is -2.36. The summed E-state index contributed by atoms with van der Waals surface area (Å²) in [6, 6.07) is 1.80. The lowest BCUT2D eigenvalue weighted by molar-refractivity contribution is -0.147. The molecule has 20 heavy (non-hydrogen) atoms. The fraction of sp³-hybridized carbons (Fsp3) is 0.615. The van der Waals surface area contributed by atoms with Gasteiger partial charge in [0.1, 0.15) is 11.6 Å². The van der Waals surface area contributed by atoms with Crippen molar-refractivity contribution in [2.45, 2.75) is 26.3 Å². The SMILES string of the molecule is COC(=O)C1CCN(Cc2nc(C)cc(NN)n2)CC1. The summed E-state index contributed by atoms with van der Waals surface area (Å²) >= 11 is 0. The minimum atomic E-state index is -0.105. The Labute approximate surface area is 118 Å². The standard InChI is InChI=1S/C13H21N5O2/c1-9-7-11(17-14)16-12(15-9)8-18-5-3-10(4-6-18)13(19)20-2/h7,10H,3-6,8,14H2,1-2H3,(H,15,16,17). The average Bonchev–Trinajstić information content (AvgIpc) is 2.46. The number of piperidine rings is 1. The Balaban J connectivity index is 1.92. The Morgan fingerprint density at radius 1 is 1.50 bits per heavy atom. The molecule has 110 valence electrons. The van der Waals surface area contributed by atoms with Crippen LogP contribution in [0.2, 0.25) is 0 Å². The lowest BCUT2D eigenvalue weighted by atomic mass is 9.97. The maximum Gasteiger partial charge on any atom is 0.308 e. The number of nitrogens with one attached hydrogen (secondary N) is 1. The Morgan fingerprint density at radius 3 is 2.80 bits per heavy atom. The first kappa shape index (κ1) is 14.7. The number of likely N-dealkylation sites (tertiary alicyclic amines) is 1. The van der Waals surface area contributed by atoms with Crippen LogP contribution < -0.4 is 11.3 Å². The third-order valence-corrected chi connectivity index (χ3v) is 3.54. The molecule has 1 aromatic heterocycles. The highest BCUT2D eigenvalue weighted by Gasteiger charge is 2.25. The summed E-state index contributed by atoms with van der Waals surface area (Å²) in [6.45, 7) is 4.28. The summed E-state index contributed by atoms with van der Waals surface area (Å²) in [5.74, 6) is 6.67. The molecule has 1 fully saturated rings. The average molecular weight is 279 g/mol. The summed E-state index contributed by atoms with van der Waals surface area (Å²) in [5, 5.41) is 0. The van der Waals surface area contributed by atoms with Gasteiger partial charge in [-0.25, -0.2) is 15.8 Å². The lowest BCUT2D eigenvalue weighted by Gasteiger charge is -2.30. The van der Waals surface area contributed by atoms with Crippen molar-refractivity contribution in [1.82, 2.24) is 14.9 Å². The first-order chi connectivity index (χ1) is 9.62. The summed E-state index contributed by atoms with van der Waals surface area (Å²) in [6.07, 6.45) is 1.64. The van der Waals surface area contributed by atoms with E-state index >= 15 is 0 Å². The molecule has 0 aliphatic carbocycles. The van der Waals surface area contributed by atoms with E-state index in [1.807, 2.05) is 6.92 Å². The number of hydrogen-bond donors (Lipinski definition) is 2. The van der Waals surface area contributed by atoms with Crippen molar-refractivity contribution in [3.8, 4) is 0 Å². The number of esters is 1. The van der Waals surface area contributed by atoms with Crippen LogP contribution in [0, 0.1) is 12.8 Å². The second-order valence-corrected chi connectivity index (χ2v) is 5.03. The van der Waals surface area contributed by atoms with Gasteiger partial charge >= 0.3 is 5.97 Å². The molecule has 7 nitrogen and oxygen atoms in total. The van der Waals surface area contributed by atoms with Crippen LogP contribution in [0.25, 0.3) is 0 Å². The van der Waals surface area contributed by atoms with Crippen LogP contribution in [0.15, 0.2) is 6.07 Å². The quantitative estimate of drug-likeness (QED) is 0.469. The Kier molecular flexibility index (Phi) is 4.86. The van der Waals surface area contributed by atoms with E-state index in [1.54, 1.807) is 6.07 Å². The third kappa shape index (κ3) is 3.64. The predicted molar refractivity (Wildman–Crippen MR) is 74.6 cm³/mol. The van der Waals surface area contributed by atoms with Crippen molar-refractivity contribution < 1.29 is 9.53 Å². The maximum atomic E-state index is 11.5. The molecule has 0 unspecified atom stereocenters. The van der Waals surface area contributed by atoms with E-state index in [0.717, 1.165) is 37.4 Å². The molecule has 0 aromatic carbocycles. The molecule has 0 atom stereocenters. The van der Waals surface area contributed by atoms with Gasteiger partial charge in [-0.2, -0.15) is 0 Å². The van der Waals surface area contributed by atoms with E-state index in [9.17, 15) is 4.79 Å². The molecule has 2 heterocycles. The number of aromatic nitrogens is 2. The van der Waals surface area contributed by atoms with E-state index < -0.39 is 0 Å². The topological polar surface area (TPSA) is 93.4 Å². The second kappa shape index (κ2) is 6.62. The molecule has 1 saturated heterocycles. The summed E-state index contributed by atoms with van der Waals surface area (Å²) in [5.41, 5.74) is 3.43. The first-order valence-corrected chi connectivity index (χ1v) is 6.73. The van der Waals surface area contributed by atoms with Crippen molar-refractivity contribution in [3.05, 3.63) is 17.6 Å². The Morgan fingerprint density at radius 2 is 2.20 bits per heavy atom. The van der Waals surface area contributed by atoms with Gasteiger partial charge in [0.25, 0.3) is 0 Å². The largest absolute Gasteiger partial charge is 0.469 e. The number of nitrogens with zero attached hydrogens (tertiary/aromatic N) is 3. The van der Waals surface area contributed by atoms with E-state index in [2.05, 4.69) is 20.3 Å². The van der Waals surface area contributed by atoms with Crippen molar-refractivity contribution in [2.75, 3.05) is 25.6 Å². The number of ether oxygens (including phenoxy) is 1. The fourth-order valence-corrected chi connectivity index (χ4v) is 2.47. The van der Waals surface area contributed by atoms with E-state index in [0.29, 0.717) is 12.4 Å². The van der Waals surface area contributed by atoms with Crippen molar-refractivity contribution in [2.24, 2.45) is 11.8 Å². The minimum Gasteiger partial charge on any atom is -0.469 e. The molecular weight excluding hydrogens is 258 g/mol. The van der Waals surface area contributed by atoms with Crippen molar-refractivity contribution in [3.63, 3.8) is 0 Å².